The predicted molar refractivity (Wildman–Crippen MR) is 80.9 cm³/mol. The molecule has 2 rings (SSSR count). The number of ether oxygens (including phenoxy) is 2. The average molecular weight is 356 g/mol. The second kappa shape index (κ2) is 7.45. The fourth-order valence-corrected chi connectivity index (χ4v) is 2.27. The van der Waals surface area contributed by atoms with E-state index in [0.29, 0.717) is 11.7 Å². The van der Waals surface area contributed by atoms with E-state index < -0.39 is 5.97 Å². The molecule has 1 aliphatic carbocycles. The Morgan fingerprint density at radius 1 is 1.38 bits per heavy atom. The lowest BCUT2D eigenvalue weighted by Gasteiger charge is -2.12. The fourth-order valence-electron chi connectivity index (χ4n) is 1.90. The van der Waals surface area contributed by atoms with Gasteiger partial charge in [0.25, 0.3) is 5.91 Å². The number of esters is 1. The highest BCUT2D eigenvalue weighted by atomic mass is 79.9. The molecular weight excluding hydrogens is 338 g/mol. The van der Waals surface area contributed by atoms with Crippen LogP contribution in [0.1, 0.15) is 19.8 Å². The van der Waals surface area contributed by atoms with Gasteiger partial charge in [0, 0.05) is 10.5 Å². The van der Waals surface area contributed by atoms with E-state index in [1.165, 1.54) is 0 Å². The van der Waals surface area contributed by atoms with Crippen LogP contribution >= 0.6 is 15.9 Å². The first kappa shape index (κ1) is 15.8. The van der Waals surface area contributed by atoms with Crippen molar-refractivity contribution >= 4 is 27.8 Å². The second-order valence-corrected chi connectivity index (χ2v) is 6.02. The van der Waals surface area contributed by atoms with Crippen molar-refractivity contribution in [1.29, 1.82) is 0 Å². The van der Waals surface area contributed by atoms with Gasteiger partial charge >= 0.3 is 5.97 Å². The lowest BCUT2D eigenvalue weighted by molar-refractivity contribution is -0.150. The van der Waals surface area contributed by atoms with Crippen LogP contribution in [0.5, 0.6) is 5.75 Å². The fraction of sp³-hybridized carbons (Fsp3) is 0.467. The molecular formula is C15H18BrNO4. The van der Waals surface area contributed by atoms with Crippen LogP contribution in [0.3, 0.4) is 0 Å². The number of amides is 1. The van der Waals surface area contributed by atoms with Gasteiger partial charge in [-0.1, -0.05) is 22.0 Å². The van der Waals surface area contributed by atoms with Crippen molar-refractivity contribution in [3.63, 3.8) is 0 Å². The maximum atomic E-state index is 11.6. The summed E-state index contributed by atoms with van der Waals surface area (Å²) >= 11 is 3.31. The van der Waals surface area contributed by atoms with Crippen LogP contribution in [0, 0.1) is 5.92 Å². The molecule has 1 fully saturated rings. The number of hydrogen-bond donors (Lipinski definition) is 1. The Morgan fingerprint density at radius 2 is 2.14 bits per heavy atom. The molecule has 1 aromatic carbocycles. The molecule has 114 valence electrons. The molecule has 0 radical (unpaired) electrons. The quantitative estimate of drug-likeness (QED) is 0.762. The summed E-state index contributed by atoms with van der Waals surface area (Å²) in [5.74, 6) is 0.298. The van der Waals surface area contributed by atoms with Gasteiger partial charge in [-0.25, -0.2) is 4.79 Å². The van der Waals surface area contributed by atoms with Crippen molar-refractivity contribution < 1.29 is 19.1 Å². The van der Waals surface area contributed by atoms with Gasteiger partial charge in [-0.3, -0.25) is 4.79 Å². The third kappa shape index (κ3) is 5.75. The molecule has 1 N–H and O–H groups in total. The molecule has 0 unspecified atom stereocenters. The summed E-state index contributed by atoms with van der Waals surface area (Å²) in [5.41, 5.74) is 0. The van der Waals surface area contributed by atoms with Crippen molar-refractivity contribution in [2.75, 3.05) is 13.2 Å². The van der Waals surface area contributed by atoms with E-state index in [2.05, 4.69) is 21.2 Å². The summed E-state index contributed by atoms with van der Waals surface area (Å²) in [6.07, 6.45) is 2.31. The number of hydrogen-bond acceptors (Lipinski definition) is 4. The SMILES string of the molecule is C[C@H](NC(=O)COC(=O)COc1cccc(Br)c1)C1CC1. The zero-order chi connectivity index (χ0) is 15.2. The van der Waals surface area contributed by atoms with Gasteiger partial charge in [-0.05, 0) is 43.9 Å². The molecule has 21 heavy (non-hydrogen) atoms. The summed E-state index contributed by atoms with van der Waals surface area (Å²) in [6.45, 7) is 1.48. The highest BCUT2D eigenvalue weighted by Gasteiger charge is 2.28. The Balaban J connectivity index is 1.63. The molecule has 1 aromatic rings. The molecule has 0 aromatic heterocycles. The van der Waals surface area contributed by atoms with Crippen LogP contribution in [-0.4, -0.2) is 31.1 Å². The standard InChI is InChI=1S/C15H18BrNO4/c1-10(11-5-6-11)17-14(18)8-21-15(19)9-20-13-4-2-3-12(16)7-13/h2-4,7,10-11H,5-6,8-9H2,1H3,(H,17,18)/t10-/m0/s1. The van der Waals surface area contributed by atoms with E-state index in [9.17, 15) is 9.59 Å². The molecule has 6 heteroatoms. The van der Waals surface area contributed by atoms with Crippen molar-refractivity contribution in [3.8, 4) is 5.75 Å². The number of nitrogens with one attached hydrogen (secondary N) is 1. The second-order valence-electron chi connectivity index (χ2n) is 5.10. The molecule has 1 atom stereocenters. The third-order valence-corrected chi connectivity index (χ3v) is 3.73. The number of rotatable bonds is 7. The zero-order valence-corrected chi connectivity index (χ0v) is 13.4. The summed E-state index contributed by atoms with van der Waals surface area (Å²) < 4.78 is 11.0. The minimum atomic E-state index is -0.566. The Hall–Kier alpha value is -1.56. The van der Waals surface area contributed by atoms with Crippen LogP contribution in [0.25, 0.3) is 0 Å². The Bertz CT molecular complexity index is 516. The molecule has 5 nitrogen and oxygen atoms in total. The first-order chi connectivity index (χ1) is 10.0. The van der Waals surface area contributed by atoms with Crippen LogP contribution in [0.2, 0.25) is 0 Å². The van der Waals surface area contributed by atoms with E-state index in [-0.39, 0.29) is 25.2 Å². The molecule has 0 bridgehead atoms. The molecule has 0 saturated heterocycles. The molecule has 0 aliphatic heterocycles. The van der Waals surface area contributed by atoms with E-state index in [4.69, 9.17) is 9.47 Å². The van der Waals surface area contributed by atoms with Gasteiger partial charge in [0.05, 0.1) is 0 Å². The maximum Gasteiger partial charge on any atom is 0.344 e. The number of carbonyl (C=O) groups excluding carboxylic acids is 2. The molecule has 1 amide bonds. The highest BCUT2D eigenvalue weighted by molar-refractivity contribution is 9.10. The predicted octanol–water partition coefficient (Wildman–Crippen LogP) is 2.29. The summed E-state index contributed by atoms with van der Waals surface area (Å²) in [7, 11) is 0. The third-order valence-electron chi connectivity index (χ3n) is 3.23. The highest BCUT2D eigenvalue weighted by Crippen LogP contribution is 2.32. The van der Waals surface area contributed by atoms with E-state index in [0.717, 1.165) is 17.3 Å². The van der Waals surface area contributed by atoms with E-state index >= 15 is 0 Å². The Labute approximate surface area is 132 Å². The van der Waals surface area contributed by atoms with Gasteiger partial charge in [-0.15, -0.1) is 0 Å². The van der Waals surface area contributed by atoms with Gasteiger partial charge < -0.3 is 14.8 Å². The first-order valence-electron chi connectivity index (χ1n) is 6.88. The normalized spacial score (nSPS) is 15.1. The number of halogens is 1. The monoisotopic (exact) mass is 355 g/mol. The summed E-state index contributed by atoms with van der Waals surface area (Å²) in [4.78, 5) is 23.1. The average Bonchev–Trinajstić information content (AvgIpc) is 3.27. The minimum absolute atomic E-state index is 0.147. The molecule has 1 saturated carbocycles. The smallest absolute Gasteiger partial charge is 0.344 e. The Morgan fingerprint density at radius 3 is 2.81 bits per heavy atom. The van der Waals surface area contributed by atoms with Crippen molar-refractivity contribution in [3.05, 3.63) is 28.7 Å². The van der Waals surface area contributed by atoms with Gasteiger partial charge in [0.15, 0.2) is 13.2 Å². The minimum Gasteiger partial charge on any atom is -0.482 e. The molecule has 0 spiro atoms. The number of carbonyl (C=O) groups is 2. The van der Waals surface area contributed by atoms with Crippen LogP contribution in [-0.2, 0) is 14.3 Å². The van der Waals surface area contributed by atoms with Crippen molar-refractivity contribution in [1.82, 2.24) is 5.32 Å². The Kier molecular flexibility index (Phi) is 5.61. The first-order valence-corrected chi connectivity index (χ1v) is 7.67. The lowest BCUT2D eigenvalue weighted by atomic mass is 10.2. The maximum absolute atomic E-state index is 11.6. The van der Waals surface area contributed by atoms with Gasteiger partial charge in [0.2, 0.25) is 0 Å². The van der Waals surface area contributed by atoms with Gasteiger partial charge in [0.1, 0.15) is 5.75 Å². The lowest BCUT2D eigenvalue weighted by Crippen LogP contribution is -2.37. The largest absolute Gasteiger partial charge is 0.482 e. The van der Waals surface area contributed by atoms with Crippen LogP contribution in [0.15, 0.2) is 28.7 Å². The van der Waals surface area contributed by atoms with E-state index in [1.807, 2.05) is 13.0 Å². The molecule has 1 aliphatic rings. The summed E-state index contributed by atoms with van der Waals surface area (Å²) in [6, 6.07) is 7.29. The molecule has 0 heterocycles. The van der Waals surface area contributed by atoms with E-state index in [1.54, 1.807) is 18.2 Å². The summed E-state index contributed by atoms with van der Waals surface area (Å²) in [5, 5.41) is 2.82. The van der Waals surface area contributed by atoms with Crippen molar-refractivity contribution in [2.45, 2.75) is 25.8 Å². The topological polar surface area (TPSA) is 64.6 Å². The van der Waals surface area contributed by atoms with Crippen LogP contribution in [0.4, 0.5) is 0 Å². The van der Waals surface area contributed by atoms with Gasteiger partial charge in [-0.2, -0.15) is 0 Å². The number of benzene rings is 1. The zero-order valence-electron chi connectivity index (χ0n) is 11.8. The van der Waals surface area contributed by atoms with Crippen LogP contribution < -0.4 is 10.1 Å². The van der Waals surface area contributed by atoms with Crippen molar-refractivity contribution in [2.24, 2.45) is 5.92 Å².